The summed E-state index contributed by atoms with van der Waals surface area (Å²) in [7, 11) is 0. The van der Waals surface area contributed by atoms with Gasteiger partial charge in [0.1, 0.15) is 5.52 Å². The molecule has 4 aromatic rings. The van der Waals surface area contributed by atoms with Crippen molar-refractivity contribution in [3.8, 4) is 0 Å². The van der Waals surface area contributed by atoms with Gasteiger partial charge in [-0.15, -0.1) is 0 Å². The summed E-state index contributed by atoms with van der Waals surface area (Å²) in [6, 6.07) is 20.8. The molecule has 2 N–H and O–H groups in total. The van der Waals surface area contributed by atoms with Crippen molar-refractivity contribution in [2.24, 2.45) is 0 Å². The molecule has 8 heteroatoms. The summed E-state index contributed by atoms with van der Waals surface area (Å²) in [5, 5.41) is 17.7. The summed E-state index contributed by atoms with van der Waals surface area (Å²) < 4.78 is 0.912. The van der Waals surface area contributed by atoms with E-state index in [-0.39, 0.29) is 11.3 Å². The van der Waals surface area contributed by atoms with E-state index in [9.17, 15) is 14.9 Å². The lowest BCUT2D eigenvalue weighted by molar-refractivity contribution is -0.384. The molecule has 0 aliphatic heterocycles. The Morgan fingerprint density at radius 2 is 1.79 bits per heavy atom. The van der Waals surface area contributed by atoms with Crippen molar-refractivity contribution in [2.45, 2.75) is 0 Å². The Hall–Kier alpha value is -3.78. The lowest BCUT2D eigenvalue weighted by Gasteiger charge is -2.06. The number of carbonyl (C=O) groups excluding carboxylic acids is 1. The van der Waals surface area contributed by atoms with Crippen molar-refractivity contribution in [1.82, 2.24) is 4.98 Å². The zero-order valence-corrected chi connectivity index (χ0v) is 15.3. The van der Waals surface area contributed by atoms with Gasteiger partial charge in [0.05, 0.1) is 15.3 Å². The molecule has 0 aliphatic carbocycles. The minimum Gasteiger partial charge on any atom is -0.332 e. The normalized spacial score (nSPS) is 10.6. The van der Waals surface area contributed by atoms with Crippen LogP contribution in [0.4, 0.5) is 22.2 Å². The first-order valence-electron chi connectivity index (χ1n) is 8.37. The molecule has 3 aromatic carbocycles. The van der Waals surface area contributed by atoms with Crippen LogP contribution in [0.1, 0.15) is 10.4 Å². The minimum absolute atomic E-state index is 0.131. The molecule has 0 aliphatic rings. The molecule has 0 saturated heterocycles. The number of thiazole rings is 1. The smallest absolute Gasteiger partial charge is 0.270 e. The number of non-ortho nitro benzene ring substituents is 1. The zero-order valence-electron chi connectivity index (χ0n) is 14.5. The van der Waals surface area contributed by atoms with Gasteiger partial charge < -0.3 is 10.6 Å². The summed E-state index contributed by atoms with van der Waals surface area (Å²) in [6.07, 6.45) is 0. The summed E-state index contributed by atoms with van der Waals surface area (Å²) >= 11 is 1.47. The highest BCUT2D eigenvalue weighted by Gasteiger charge is 2.14. The molecule has 0 bridgehead atoms. The lowest BCUT2D eigenvalue weighted by atomic mass is 10.2. The molecule has 0 spiro atoms. The monoisotopic (exact) mass is 390 g/mol. The Morgan fingerprint density at radius 3 is 2.57 bits per heavy atom. The van der Waals surface area contributed by atoms with Crippen LogP contribution in [0, 0.1) is 10.1 Å². The molecule has 0 radical (unpaired) electrons. The molecular weight excluding hydrogens is 376 g/mol. The van der Waals surface area contributed by atoms with Crippen LogP contribution >= 0.6 is 11.3 Å². The highest BCUT2D eigenvalue weighted by molar-refractivity contribution is 7.22. The van der Waals surface area contributed by atoms with Crippen molar-refractivity contribution in [2.75, 3.05) is 10.6 Å². The number of nitrogens with zero attached hydrogens (tertiary/aromatic N) is 2. The van der Waals surface area contributed by atoms with E-state index in [0.29, 0.717) is 16.3 Å². The number of anilines is 3. The number of nitro groups is 1. The average Bonchev–Trinajstić information content (AvgIpc) is 3.12. The number of aromatic nitrogens is 1. The third kappa shape index (κ3) is 3.67. The number of carbonyl (C=O) groups is 1. The Balaban J connectivity index is 1.61. The third-order valence-electron chi connectivity index (χ3n) is 4.01. The lowest BCUT2D eigenvalue weighted by Crippen LogP contribution is -2.12. The number of fused-ring (bicyclic) bond motifs is 1. The maximum atomic E-state index is 12.6. The van der Waals surface area contributed by atoms with Crippen LogP contribution in [0.5, 0.6) is 0 Å². The first kappa shape index (κ1) is 17.6. The van der Waals surface area contributed by atoms with E-state index < -0.39 is 10.8 Å². The molecule has 4 rings (SSSR count). The van der Waals surface area contributed by atoms with E-state index >= 15 is 0 Å². The first-order valence-corrected chi connectivity index (χ1v) is 9.19. The molecule has 1 aromatic heterocycles. The van der Waals surface area contributed by atoms with Crippen LogP contribution in [-0.4, -0.2) is 15.8 Å². The summed E-state index contributed by atoms with van der Waals surface area (Å²) in [5.74, 6) is -0.429. The van der Waals surface area contributed by atoms with Crippen LogP contribution in [-0.2, 0) is 0 Å². The molecule has 7 nitrogen and oxygen atoms in total. The van der Waals surface area contributed by atoms with E-state index in [1.807, 2.05) is 42.5 Å². The number of amides is 1. The van der Waals surface area contributed by atoms with E-state index in [4.69, 9.17) is 0 Å². The van der Waals surface area contributed by atoms with Crippen LogP contribution < -0.4 is 10.6 Å². The predicted octanol–water partition coefficient (Wildman–Crippen LogP) is 5.20. The number of hydrogen-bond donors (Lipinski definition) is 2. The quantitative estimate of drug-likeness (QED) is 0.360. The Bertz CT molecular complexity index is 1170. The maximum Gasteiger partial charge on any atom is 0.270 e. The fourth-order valence-electron chi connectivity index (χ4n) is 2.70. The maximum absolute atomic E-state index is 12.6. The van der Waals surface area contributed by atoms with Gasteiger partial charge in [-0.2, -0.15) is 0 Å². The largest absolute Gasteiger partial charge is 0.332 e. The van der Waals surface area contributed by atoms with Gasteiger partial charge in [-0.05, 0) is 30.3 Å². The Labute approximate surface area is 163 Å². The van der Waals surface area contributed by atoms with Gasteiger partial charge in [0, 0.05) is 23.4 Å². The zero-order chi connectivity index (χ0) is 19.5. The highest BCUT2D eigenvalue weighted by atomic mass is 32.1. The van der Waals surface area contributed by atoms with Crippen LogP contribution in [0.3, 0.4) is 0 Å². The van der Waals surface area contributed by atoms with Crippen LogP contribution in [0.2, 0.25) is 0 Å². The summed E-state index contributed by atoms with van der Waals surface area (Å²) in [4.78, 5) is 27.5. The fraction of sp³-hybridized carbons (Fsp3) is 0. The van der Waals surface area contributed by atoms with E-state index in [0.717, 1.165) is 10.4 Å². The van der Waals surface area contributed by atoms with Gasteiger partial charge in [0.15, 0.2) is 5.13 Å². The molecule has 1 amide bonds. The molecule has 0 fully saturated rings. The Morgan fingerprint density at radius 1 is 1.00 bits per heavy atom. The molecule has 0 unspecified atom stereocenters. The van der Waals surface area contributed by atoms with Gasteiger partial charge in [-0.25, -0.2) is 4.98 Å². The van der Waals surface area contributed by atoms with Crippen LogP contribution in [0.15, 0.2) is 72.8 Å². The van der Waals surface area contributed by atoms with Crippen molar-refractivity contribution in [1.29, 1.82) is 0 Å². The van der Waals surface area contributed by atoms with E-state index in [2.05, 4.69) is 15.6 Å². The van der Waals surface area contributed by atoms with E-state index in [1.54, 1.807) is 6.07 Å². The molecule has 28 heavy (non-hydrogen) atoms. The Kier molecular flexibility index (Phi) is 4.69. The van der Waals surface area contributed by atoms with Crippen molar-refractivity contribution < 1.29 is 9.72 Å². The number of rotatable bonds is 5. The minimum atomic E-state index is -0.528. The SMILES string of the molecule is O=C(Nc1cccc2sc(Nc3ccccc3)nc12)c1cccc([N+](=O)[O-])c1. The second-order valence-electron chi connectivity index (χ2n) is 5.92. The molecule has 138 valence electrons. The van der Waals surface area contributed by atoms with Gasteiger partial charge in [0.25, 0.3) is 11.6 Å². The molecule has 0 atom stereocenters. The van der Waals surface area contributed by atoms with E-state index in [1.165, 1.54) is 35.6 Å². The molecular formula is C20H14N4O3S. The first-order chi connectivity index (χ1) is 13.6. The molecule has 1 heterocycles. The second-order valence-corrected chi connectivity index (χ2v) is 6.95. The number of para-hydroxylation sites is 2. The summed E-state index contributed by atoms with van der Waals surface area (Å²) in [5.41, 5.74) is 2.21. The van der Waals surface area contributed by atoms with Crippen LogP contribution in [0.25, 0.3) is 10.2 Å². The highest BCUT2D eigenvalue weighted by Crippen LogP contribution is 2.32. The number of benzene rings is 3. The topological polar surface area (TPSA) is 97.2 Å². The molecule has 0 saturated carbocycles. The second kappa shape index (κ2) is 7.45. The average molecular weight is 390 g/mol. The van der Waals surface area contributed by atoms with Crippen molar-refractivity contribution >= 4 is 49.7 Å². The standard InChI is InChI=1S/C20H14N4O3S/c25-19(13-6-4-9-15(12-13)24(26)27)22-16-10-5-11-17-18(16)23-20(28-17)21-14-7-2-1-3-8-14/h1-12H,(H,21,23)(H,22,25). The van der Waals surface area contributed by atoms with Gasteiger partial charge in [0.2, 0.25) is 0 Å². The number of nitrogens with one attached hydrogen (secondary N) is 2. The van der Waals surface area contributed by atoms with Gasteiger partial charge in [-0.3, -0.25) is 14.9 Å². The summed E-state index contributed by atoms with van der Waals surface area (Å²) in [6.45, 7) is 0. The van der Waals surface area contributed by atoms with Gasteiger partial charge >= 0.3 is 0 Å². The number of hydrogen-bond acceptors (Lipinski definition) is 6. The van der Waals surface area contributed by atoms with Crippen molar-refractivity contribution in [3.63, 3.8) is 0 Å². The third-order valence-corrected chi connectivity index (χ3v) is 4.95. The van der Waals surface area contributed by atoms with Gasteiger partial charge in [-0.1, -0.05) is 41.7 Å². The fourth-order valence-corrected chi connectivity index (χ4v) is 3.62. The van der Waals surface area contributed by atoms with Crippen molar-refractivity contribution in [3.05, 3.63) is 88.5 Å². The number of nitro benzene ring substituents is 1. The predicted molar refractivity (Wildman–Crippen MR) is 110 cm³/mol.